The molecule has 0 aromatic heterocycles. The molecule has 1 heterocycles. The quantitative estimate of drug-likeness (QED) is 0.850. The maximum atomic E-state index is 13.0. The number of aliphatic hydroxyl groups is 1. The van der Waals surface area contributed by atoms with Gasteiger partial charge in [0.05, 0.1) is 0 Å². The topological polar surface area (TPSA) is 40.5 Å². The third-order valence-corrected chi connectivity index (χ3v) is 2.94. The number of hydrogen-bond donors (Lipinski definition) is 1. The van der Waals surface area contributed by atoms with Crippen LogP contribution in [-0.2, 0) is 0 Å². The van der Waals surface area contributed by atoms with E-state index in [1.807, 2.05) is 0 Å². The Kier molecular flexibility index (Phi) is 3.38. The van der Waals surface area contributed by atoms with Crippen molar-refractivity contribution in [1.29, 1.82) is 0 Å². The number of hydrogen-bond acceptors (Lipinski definition) is 2. The zero-order valence-electron chi connectivity index (χ0n) is 9.20. The first kappa shape index (κ1) is 12.0. The summed E-state index contributed by atoms with van der Waals surface area (Å²) < 4.78 is 25.9. The predicted molar refractivity (Wildman–Crippen MR) is 57.5 cm³/mol. The highest BCUT2D eigenvalue weighted by molar-refractivity contribution is 5.94. The molecule has 1 unspecified atom stereocenters. The van der Waals surface area contributed by atoms with Crippen LogP contribution in [0.2, 0.25) is 0 Å². The van der Waals surface area contributed by atoms with Gasteiger partial charge in [0.1, 0.15) is 11.6 Å². The minimum Gasteiger partial charge on any atom is -0.396 e. The number of nitrogens with zero attached hydrogens (tertiary/aromatic N) is 1. The number of halogens is 2. The van der Waals surface area contributed by atoms with Crippen LogP contribution in [0.1, 0.15) is 16.8 Å². The molecule has 17 heavy (non-hydrogen) atoms. The first-order valence-electron chi connectivity index (χ1n) is 5.46. The van der Waals surface area contributed by atoms with Crippen molar-refractivity contribution in [2.75, 3.05) is 19.7 Å². The Labute approximate surface area is 97.7 Å². The molecule has 1 aliphatic heterocycles. The van der Waals surface area contributed by atoms with Crippen LogP contribution in [0.4, 0.5) is 8.78 Å². The summed E-state index contributed by atoms with van der Waals surface area (Å²) >= 11 is 0. The third kappa shape index (κ3) is 2.61. The van der Waals surface area contributed by atoms with Crippen molar-refractivity contribution in [1.82, 2.24) is 4.90 Å². The van der Waals surface area contributed by atoms with Crippen LogP contribution in [0.15, 0.2) is 18.2 Å². The van der Waals surface area contributed by atoms with E-state index >= 15 is 0 Å². The smallest absolute Gasteiger partial charge is 0.254 e. The Morgan fingerprint density at radius 1 is 1.35 bits per heavy atom. The minimum atomic E-state index is -0.758. The van der Waals surface area contributed by atoms with Crippen molar-refractivity contribution >= 4 is 5.91 Å². The molecule has 5 heteroatoms. The number of amides is 1. The molecule has 0 bridgehead atoms. The minimum absolute atomic E-state index is 0.0149. The molecular formula is C12H13F2NO2. The van der Waals surface area contributed by atoms with Gasteiger partial charge in [-0.15, -0.1) is 0 Å². The summed E-state index contributed by atoms with van der Waals surface area (Å²) in [5.41, 5.74) is 0.0149. The molecule has 1 fully saturated rings. The fraction of sp³-hybridized carbons (Fsp3) is 0.417. The lowest BCUT2D eigenvalue weighted by atomic mass is 10.1. The Morgan fingerprint density at radius 2 is 2.00 bits per heavy atom. The van der Waals surface area contributed by atoms with Crippen LogP contribution < -0.4 is 0 Å². The second-order valence-electron chi connectivity index (χ2n) is 4.25. The Bertz CT molecular complexity index is 416. The standard InChI is InChI=1S/C12H13F2NO2/c13-10-3-9(4-11(14)5-10)12(17)15-2-1-8(6-15)7-16/h3-5,8,16H,1-2,6-7H2. The molecule has 92 valence electrons. The molecule has 0 spiro atoms. The van der Waals surface area contributed by atoms with Crippen LogP contribution in [-0.4, -0.2) is 35.6 Å². The number of carbonyl (C=O) groups is 1. The zero-order valence-corrected chi connectivity index (χ0v) is 9.20. The van der Waals surface area contributed by atoms with Gasteiger partial charge in [-0.3, -0.25) is 4.79 Å². The van der Waals surface area contributed by atoms with E-state index in [9.17, 15) is 13.6 Å². The van der Waals surface area contributed by atoms with Crippen LogP contribution in [0.5, 0.6) is 0 Å². The number of carbonyl (C=O) groups excluding carboxylic acids is 1. The van der Waals surface area contributed by atoms with Gasteiger partial charge in [0, 0.05) is 37.2 Å². The molecule has 1 amide bonds. The van der Waals surface area contributed by atoms with E-state index in [0.29, 0.717) is 13.1 Å². The third-order valence-electron chi connectivity index (χ3n) is 2.94. The molecule has 0 saturated carbocycles. The molecule has 0 aliphatic carbocycles. The van der Waals surface area contributed by atoms with Crippen molar-refractivity contribution in [3.05, 3.63) is 35.4 Å². The summed E-state index contributed by atoms with van der Waals surface area (Å²) in [6.45, 7) is 0.983. The molecule has 1 saturated heterocycles. The van der Waals surface area contributed by atoms with Crippen molar-refractivity contribution in [2.45, 2.75) is 6.42 Å². The average molecular weight is 241 g/mol. The van der Waals surface area contributed by atoms with E-state index in [2.05, 4.69) is 0 Å². The van der Waals surface area contributed by atoms with Gasteiger partial charge in [0.2, 0.25) is 0 Å². The fourth-order valence-electron chi connectivity index (χ4n) is 2.03. The van der Waals surface area contributed by atoms with Gasteiger partial charge in [0.25, 0.3) is 5.91 Å². The van der Waals surface area contributed by atoms with E-state index in [1.54, 1.807) is 0 Å². The van der Waals surface area contributed by atoms with E-state index in [4.69, 9.17) is 5.11 Å². The Morgan fingerprint density at radius 3 is 2.53 bits per heavy atom. The Balaban J connectivity index is 2.14. The maximum absolute atomic E-state index is 13.0. The summed E-state index contributed by atoms with van der Waals surface area (Å²) in [5.74, 6) is -1.84. The highest BCUT2D eigenvalue weighted by atomic mass is 19.1. The first-order valence-corrected chi connectivity index (χ1v) is 5.46. The summed E-state index contributed by atoms with van der Waals surface area (Å²) in [4.78, 5) is 13.4. The van der Waals surface area contributed by atoms with Gasteiger partial charge in [-0.05, 0) is 18.6 Å². The number of benzene rings is 1. The second-order valence-corrected chi connectivity index (χ2v) is 4.25. The summed E-state index contributed by atoms with van der Waals surface area (Å²) in [7, 11) is 0. The summed E-state index contributed by atoms with van der Waals surface area (Å²) in [6, 6.07) is 2.78. The normalized spacial score (nSPS) is 19.7. The molecule has 1 aromatic rings. The number of likely N-dealkylation sites (tertiary alicyclic amines) is 1. The predicted octanol–water partition coefficient (Wildman–Crippen LogP) is 1.42. The molecular weight excluding hydrogens is 228 g/mol. The van der Waals surface area contributed by atoms with Gasteiger partial charge in [-0.25, -0.2) is 8.78 Å². The highest BCUT2D eigenvalue weighted by Gasteiger charge is 2.26. The van der Waals surface area contributed by atoms with E-state index in [-0.39, 0.29) is 24.0 Å². The van der Waals surface area contributed by atoms with Gasteiger partial charge < -0.3 is 10.0 Å². The fourth-order valence-corrected chi connectivity index (χ4v) is 2.03. The molecule has 1 N–H and O–H groups in total. The SMILES string of the molecule is O=C(c1cc(F)cc(F)c1)N1CCC(CO)C1. The molecule has 2 rings (SSSR count). The van der Waals surface area contributed by atoms with Crippen LogP contribution in [0.3, 0.4) is 0 Å². The second kappa shape index (κ2) is 4.79. The lowest BCUT2D eigenvalue weighted by Gasteiger charge is -2.16. The van der Waals surface area contributed by atoms with Crippen molar-refractivity contribution < 1.29 is 18.7 Å². The van der Waals surface area contributed by atoms with E-state index in [1.165, 1.54) is 4.90 Å². The van der Waals surface area contributed by atoms with Crippen molar-refractivity contribution in [3.63, 3.8) is 0 Å². The Hall–Kier alpha value is -1.49. The van der Waals surface area contributed by atoms with Crippen molar-refractivity contribution in [2.24, 2.45) is 5.92 Å². The largest absolute Gasteiger partial charge is 0.396 e. The summed E-state index contributed by atoms with van der Waals surface area (Å²) in [6.07, 6.45) is 0.722. The zero-order chi connectivity index (χ0) is 12.4. The average Bonchev–Trinajstić information content (AvgIpc) is 2.75. The summed E-state index contributed by atoms with van der Waals surface area (Å²) in [5, 5.41) is 8.97. The van der Waals surface area contributed by atoms with Gasteiger partial charge in [-0.1, -0.05) is 0 Å². The van der Waals surface area contributed by atoms with Gasteiger partial charge in [0.15, 0.2) is 0 Å². The first-order chi connectivity index (χ1) is 8.10. The van der Waals surface area contributed by atoms with Crippen molar-refractivity contribution in [3.8, 4) is 0 Å². The van der Waals surface area contributed by atoms with Gasteiger partial charge >= 0.3 is 0 Å². The molecule has 1 aromatic carbocycles. The monoisotopic (exact) mass is 241 g/mol. The lowest BCUT2D eigenvalue weighted by molar-refractivity contribution is 0.0781. The van der Waals surface area contributed by atoms with Crippen LogP contribution in [0, 0.1) is 17.6 Å². The van der Waals surface area contributed by atoms with E-state index in [0.717, 1.165) is 24.6 Å². The van der Waals surface area contributed by atoms with Gasteiger partial charge in [-0.2, -0.15) is 0 Å². The molecule has 1 aliphatic rings. The number of rotatable bonds is 2. The van der Waals surface area contributed by atoms with Crippen LogP contribution >= 0.6 is 0 Å². The maximum Gasteiger partial charge on any atom is 0.254 e. The van der Waals surface area contributed by atoms with E-state index < -0.39 is 11.6 Å². The number of aliphatic hydroxyl groups excluding tert-OH is 1. The molecule has 1 atom stereocenters. The molecule has 0 radical (unpaired) electrons. The highest BCUT2D eigenvalue weighted by Crippen LogP contribution is 2.19. The molecule has 3 nitrogen and oxygen atoms in total. The lowest BCUT2D eigenvalue weighted by Crippen LogP contribution is -2.29. The van der Waals surface area contributed by atoms with Crippen LogP contribution in [0.25, 0.3) is 0 Å².